The molecule has 5 N–H and O–H groups in total. The number of rotatable bonds is 5. The first-order valence-corrected chi connectivity index (χ1v) is 13.7. The largest absolute Gasteiger partial charge is 0.493 e. The number of nitrogens with one attached hydrogen (secondary N) is 4. The van der Waals surface area contributed by atoms with Gasteiger partial charge in [0.15, 0.2) is 5.69 Å². The lowest BCUT2D eigenvalue weighted by atomic mass is 10.0. The molecule has 0 radical (unpaired) electrons. The molecule has 1 aromatic heterocycles. The van der Waals surface area contributed by atoms with Gasteiger partial charge >= 0.3 is 0 Å². The Balaban J connectivity index is 1.56. The van der Waals surface area contributed by atoms with Crippen molar-refractivity contribution in [3.05, 3.63) is 47.2 Å². The maximum absolute atomic E-state index is 13.4. The Morgan fingerprint density at radius 3 is 2.70 bits per heavy atom. The molecule has 4 atom stereocenters. The van der Waals surface area contributed by atoms with Gasteiger partial charge in [0.1, 0.15) is 30.1 Å². The van der Waals surface area contributed by atoms with Gasteiger partial charge in [-0.3, -0.25) is 19.2 Å². The number of hydrogen-bond acceptors (Lipinski definition) is 8. The molecule has 2 aliphatic heterocycles. The molecule has 0 fully saturated rings. The second-order valence-corrected chi connectivity index (χ2v) is 10.7. The van der Waals surface area contributed by atoms with Crippen LogP contribution in [0.3, 0.4) is 0 Å². The number of oxazole rings is 1. The molecule has 4 rings (SSSR count). The zero-order valence-electron chi connectivity index (χ0n) is 23.0. The van der Waals surface area contributed by atoms with E-state index in [9.17, 15) is 24.3 Å². The van der Waals surface area contributed by atoms with Crippen LogP contribution in [-0.4, -0.2) is 65.1 Å². The van der Waals surface area contributed by atoms with Gasteiger partial charge in [0.25, 0.3) is 11.8 Å². The summed E-state index contributed by atoms with van der Waals surface area (Å²) >= 11 is 0. The first-order chi connectivity index (χ1) is 19.1. The van der Waals surface area contributed by atoms with Crippen molar-refractivity contribution in [3.63, 3.8) is 0 Å². The molecule has 216 valence electrons. The van der Waals surface area contributed by atoms with Crippen LogP contribution in [0.4, 0.5) is 0 Å². The van der Waals surface area contributed by atoms with Crippen molar-refractivity contribution in [1.29, 1.82) is 0 Å². The Hall–Kier alpha value is -3.93. The minimum absolute atomic E-state index is 0.0929. The molecule has 2 bridgehead atoms. The molecule has 0 spiro atoms. The van der Waals surface area contributed by atoms with E-state index >= 15 is 0 Å². The number of amides is 4. The monoisotopic (exact) mass is 555 g/mol. The summed E-state index contributed by atoms with van der Waals surface area (Å²) in [6, 6.07) is 2.14. The second kappa shape index (κ2) is 12.9. The lowest BCUT2D eigenvalue weighted by Crippen LogP contribution is -2.57. The first-order valence-electron chi connectivity index (χ1n) is 13.7. The van der Waals surface area contributed by atoms with Crippen molar-refractivity contribution in [2.75, 3.05) is 13.2 Å². The number of carbonyl (C=O) groups is 4. The van der Waals surface area contributed by atoms with E-state index in [0.29, 0.717) is 44.4 Å². The predicted molar refractivity (Wildman–Crippen MR) is 144 cm³/mol. The van der Waals surface area contributed by atoms with Crippen LogP contribution in [0.25, 0.3) is 0 Å². The van der Waals surface area contributed by atoms with E-state index in [1.807, 2.05) is 13.8 Å². The summed E-state index contributed by atoms with van der Waals surface area (Å²) in [5, 5.41) is 21.4. The van der Waals surface area contributed by atoms with Gasteiger partial charge in [0.05, 0.1) is 12.7 Å². The third kappa shape index (κ3) is 7.17. The Kier molecular flexibility index (Phi) is 9.41. The number of benzene rings is 1. The molecule has 40 heavy (non-hydrogen) atoms. The molecule has 0 saturated carbocycles. The van der Waals surface area contributed by atoms with Crippen LogP contribution in [0.5, 0.6) is 5.75 Å². The molecule has 0 saturated heterocycles. The maximum atomic E-state index is 13.4. The quantitative estimate of drug-likeness (QED) is 0.368. The van der Waals surface area contributed by atoms with E-state index in [2.05, 4.69) is 26.3 Å². The fraction of sp³-hybridized carbons (Fsp3) is 0.536. The van der Waals surface area contributed by atoms with Gasteiger partial charge in [0.2, 0.25) is 17.7 Å². The number of fused-ring (bicyclic) bond motifs is 3. The van der Waals surface area contributed by atoms with Gasteiger partial charge in [-0.15, -0.1) is 0 Å². The Bertz CT molecular complexity index is 1240. The first kappa shape index (κ1) is 29.1. The summed E-state index contributed by atoms with van der Waals surface area (Å²) in [6.07, 6.45) is 2.42. The van der Waals surface area contributed by atoms with Crippen molar-refractivity contribution in [2.24, 2.45) is 5.92 Å². The van der Waals surface area contributed by atoms with Crippen LogP contribution in [0.15, 0.2) is 28.9 Å². The summed E-state index contributed by atoms with van der Waals surface area (Å²) in [6.45, 7) is 6.19. The van der Waals surface area contributed by atoms with Crippen LogP contribution in [-0.2, 0) is 16.0 Å². The molecule has 3 heterocycles. The fourth-order valence-electron chi connectivity index (χ4n) is 4.77. The Morgan fingerprint density at radius 2 is 1.95 bits per heavy atom. The Labute approximate surface area is 232 Å². The van der Waals surface area contributed by atoms with Crippen LogP contribution in [0, 0.1) is 5.92 Å². The standard InChI is InChI=1S/C28H37N5O7/c1-15(2)12-20-28-32-21(14-40-28)25(36)29-10-5-4-6-19(26(37)33-23(16(3)34)27(38)31-20)30-24(35)18-7-8-22-17(13-18)9-11-39-22/h7-8,13-16,19-20,23,34H,4-6,9-12H2,1-3H3,(H,29,36)(H,30,35)(H,31,38)(H,33,37)/t16-,19+,20+,23+/m1/s1. The van der Waals surface area contributed by atoms with Crippen molar-refractivity contribution < 1.29 is 33.4 Å². The maximum Gasteiger partial charge on any atom is 0.273 e. The normalized spacial score (nSPS) is 22.9. The third-order valence-electron chi connectivity index (χ3n) is 6.92. The molecule has 1 aromatic carbocycles. The van der Waals surface area contributed by atoms with Gasteiger partial charge in [-0.1, -0.05) is 13.8 Å². The summed E-state index contributed by atoms with van der Waals surface area (Å²) in [5.41, 5.74) is 1.41. The number of aromatic nitrogens is 1. The summed E-state index contributed by atoms with van der Waals surface area (Å²) < 4.78 is 11.0. The topological polar surface area (TPSA) is 172 Å². The highest BCUT2D eigenvalue weighted by Gasteiger charge is 2.33. The number of aliphatic hydroxyl groups is 1. The third-order valence-corrected chi connectivity index (χ3v) is 6.92. The molecule has 12 heteroatoms. The second-order valence-electron chi connectivity index (χ2n) is 10.7. The van der Waals surface area contributed by atoms with Crippen LogP contribution >= 0.6 is 0 Å². The van der Waals surface area contributed by atoms with Crippen LogP contribution in [0.1, 0.15) is 84.8 Å². The van der Waals surface area contributed by atoms with E-state index in [4.69, 9.17) is 9.15 Å². The van der Waals surface area contributed by atoms with Crippen LogP contribution in [0.2, 0.25) is 0 Å². The molecule has 2 aliphatic rings. The van der Waals surface area contributed by atoms with E-state index in [-0.39, 0.29) is 23.9 Å². The molecule has 0 unspecified atom stereocenters. The number of ether oxygens (including phenoxy) is 1. The molecular weight excluding hydrogens is 518 g/mol. The average Bonchev–Trinajstić information content (AvgIpc) is 3.58. The van der Waals surface area contributed by atoms with Gasteiger partial charge in [-0.2, -0.15) is 0 Å². The Morgan fingerprint density at radius 1 is 1.15 bits per heavy atom. The van der Waals surface area contributed by atoms with Gasteiger partial charge in [-0.25, -0.2) is 4.98 Å². The van der Waals surface area contributed by atoms with E-state index in [0.717, 1.165) is 11.3 Å². The summed E-state index contributed by atoms with van der Waals surface area (Å²) in [4.78, 5) is 56.7. The van der Waals surface area contributed by atoms with Crippen molar-refractivity contribution in [3.8, 4) is 5.75 Å². The van der Waals surface area contributed by atoms with Crippen molar-refractivity contribution in [1.82, 2.24) is 26.3 Å². The number of aliphatic hydroxyl groups excluding tert-OH is 1. The smallest absolute Gasteiger partial charge is 0.273 e. The summed E-state index contributed by atoms with van der Waals surface area (Å²) in [5.74, 6) is -1.08. The zero-order chi connectivity index (χ0) is 28.8. The molecule has 0 aliphatic carbocycles. The van der Waals surface area contributed by atoms with E-state index in [1.54, 1.807) is 18.2 Å². The lowest BCUT2D eigenvalue weighted by Gasteiger charge is -2.27. The van der Waals surface area contributed by atoms with Gasteiger partial charge in [0, 0.05) is 18.5 Å². The van der Waals surface area contributed by atoms with Crippen molar-refractivity contribution in [2.45, 2.75) is 77.1 Å². The van der Waals surface area contributed by atoms with E-state index in [1.165, 1.54) is 13.2 Å². The zero-order valence-corrected chi connectivity index (χ0v) is 23.0. The number of nitrogens with zero attached hydrogens (tertiary/aromatic N) is 1. The number of carbonyl (C=O) groups excluding carboxylic acids is 4. The molecule has 12 nitrogen and oxygen atoms in total. The predicted octanol–water partition coefficient (Wildman–Crippen LogP) is 1.39. The molecular formula is C28H37N5O7. The highest BCUT2D eigenvalue weighted by atomic mass is 16.5. The summed E-state index contributed by atoms with van der Waals surface area (Å²) in [7, 11) is 0. The fourth-order valence-corrected chi connectivity index (χ4v) is 4.77. The minimum atomic E-state index is -1.30. The van der Waals surface area contributed by atoms with Crippen LogP contribution < -0.4 is 26.0 Å². The SMILES string of the molecule is CC(C)C[C@@H]1NC(=O)[C@H]([C@@H](C)O)NC(=O)[C@@H](NC(=O)c2ccc3c(c2)CCO3)CCCCNC(=O)c2coc1n2. The van der Waals surface area contributed by atoms with Crippen molar-refractivity contribution >= 4 is 23.6 Å². The van der Waals surface area contributed by atoms with E-state index < -0.39 is 47.9 Å². The number of hydrogen-bond donors (Lipinski definition) is 5. The molecule has 2 aromatic rings. The average molecular weight is 556 g/mol. The molecule has 4 amide bonds. The highest BCUT2D eigenvalue weighted by Crippen LogP contribution is 2.26. The van der Waals surface area contributed by atoms with Gasteiger partial charge in [-0.05, 0) is 62.3 Å². The highest BCUT2D eigenvalue weighted by molar-refractivity contribution is 5.98. The van der Waals surface area contributed by atoms with Gasteiger partial charge < -0.3 is 35.5 Å². The lowest BCUT2D eigenvalue weighted by molar-refractivity contribution is -0.133. The minimum Gasteiger partial charge on any atom is -0.493 e.